The first-order valence-corrected chi connectivity index (χ1v) is 25.2. The molecule has 10 nitrogen and oxygen atoms in total. The Hall–Kier alpha value is -3.14. The van der Waals surface area contributed by atoms with Crippen molar-refractivity contribution in [1.82, 2.24) is 10.6 Å². The summed E-state index contributed by atoms with van der Waals surface area (Å²) in [5, 5.41) is 5.47. The fourth-order valence-corrected chi connectivity index (χ4v) is 7.50. The number of benzene rings is 1. The van der Waals surface area contributed by atoms with Gasteiger partial charge in [0.2, 0.25) is 5.91 Å². The van der Waals surface area contributed by atoms with Crippen LogP contribution in [0.15, 0.2) is 30.3 Å². The third-order valence-corrected chi connectivity index (χ3v) is 11.5. The molecule has 0 aliphatic rings. The van der Waals surface area contributed by atoms with Gasteiger partial charge >= 0.3 is 18.0 Å². The maximum absolute atomic E-state index is 13.2. The molecule has 10 heteroatoms. The summed E-state index contributed by atoms with van der Waals surface area (Å²) in [5.41, 5.74) is 7.12. The molecule has 0 saturated heterocycles. The molecular formula is C51H91N3O7. The summed E-state index contributed by atoms with van der Waals surface area (Å²) >= 11 is 0. The molecule has 0 heterocycles. The van der Waals surface area contributed by atoms with Gasteiger partial charge in [-0.05, 0) is 44.1 Å². The lowest BCUT2D eigenvalue weighted by Crippen LogP contribution is -2.49. The Morgan fingerprint density at radius 1 is 0.525 bits per heavy atom. The molecular weight excluding hydrogens is 767 g/mol. The second kappa shape index (κ2) is 42.2. The van der Waals surface area contributed by atoms with Crippen LogP contribution in [0.1, 0.15) is 231 Å². The molecule has 1 aromatic carbocycles. The van der Waals surface area contributed by atoms with Gasteiger partial charge in [0.15, 0.2) is 0 Å². The number of amides is 2. The van der Waals surface area contributed by atoms with E-state index in [2.05, 4.69) is 24.5 Å². The summed E-state index contributed by atoms with van der Waals surface area (Å²) in [7, 11) is 0. The van der Waals surface area contributed by atoms with Gasteiger partial charge in [-0.25, -0.2) is 9.59 Å². The van der Waals surface area contributed by atoms with Gasteiger partial charge in [0.1, 0.15) is 12.6 Å². The smallest absolute Gasteiger partial charge is 0.407 e. The Morgan fingerprint density at radius 3 is 1.44 bits per heavy atom. The average Bonchev–Trinajstić information content (AvgIpc) is 3.26. The first kappa shape index (κ1) is 55.9. The standard InChI is InChI=1S/C51H91N3O7/c1-3-5-7-9-11-13-15-17-19-21-23-25-27-34-42-59-48(55)40-39-47(50(57)60-43-35-28-26-24-22-20-18-16-14-12-10-8-6-4-2)54-49(56)46(52)38-32-33-41-53-51(58)61-44-45-36-30-29-31-37-45/h29-31,36-37,46-47H,3-28,32-35,38-44,52H2,1-2H3,(H,53,58)(H,54,56). The number of alkyl carbamates (subject to hydrolysis) is 1. The Balaban J connectivity index is 2.35. The first-order valence-electron chi connectivity index (χ1n) is 25.2. The monoisotopic (exact) mass is 858 g/mol. The van der Waals surface area contributed by atoms with E-state index in [1.807, 2.05) is 30.3 Å². The van der Waals surface area contributed by atoms with Crippen LogP contribution in [-0.2, 0) is 35.2 Å². The highest BCUT2D eigenvalue weighted by molar-refractivity contribution is 5.87. The van der Waals surface area contributed by atoms with Crippen molar-refractivity contribution < 1.29 is 33.4 Å². The van der Waals surface area contributed by atoms with Crippen LogP contribution in [0.2, 0.25) is 0 Å². The van der Waals surface area contributed by atoms with Crippen LogP contribution >= 0.6 is 0 Å². The van der Waals surface area contributed by atoms with Crippen LogP contribution < -0.4 is 16.4 Å². The van der Waals surface area contributed by atoms with Crippen molar-refractivity contribution in [3.05, 3.63) is 35.9 Å². The summed E-state index contributed by atoms with van der Waals surface area (Å²) < 4.78 is 16.3. The molecule has 61 heavy (non-hydrogen) atoms. The normalized spacial score (nSPS) is 12.1. The second-order valence-corrected chi connectivity index (χ2v) is 17.3. The molecule has 0 saturated carbocycles. The number of carbonyl (C=O) groups excluding carboxylic acids is 4. The number of nitrogens with two attached hydrogens (primary N) is 1. The predicted octanol–water partition coefficient (Wildman–Crippen LogP) is 12.7. The van der Waals surface area contributed by atoms with Gasteiger partial charge in [-0.15, -0.1) is 0 Å². The molecule has 1 aromatic rings. The van der Waals surface area contributed by atoms with Crippen molar-refractivity contribution in [1.29, 1.82) is 0 Å². The van der Waals surface area contributed by atoms with E-state index in [-0.39, 0.29) is 32.0 Å². The van der Waals surface area contributed by atoms with Crippen LogP contribution in [0, 0.1) is 0 Å². The van der Waals surface area contributed by atoms with Gasteiger partial charge in [0.05, 0.1) is 19.3 Å². The van der Waals surface area contributed by atoms with Gasteiger partial charge < -0.3 is 30.6 Å². The van der Waals surface area contributed by atoms with E-state index in [1.165, 1.54) is 141 Å². The first-order chi connectivity index (χ1) is 29.9. The van der Waals surface area contributed by atoms with Crippen LogP contribution in [0.4, 0.5) is 4.79 Å². The van der Waals surface area contributed by atoms with Crippen molar-refractivity contribution in [3.63, 3.8) is 0 Å². The number of hydrogen-bond acceptors (Lipinski definition) is 8. The summed E-state index contributed by atoms with van der Waals surface area (Å²) in [5.74, 6) is -1.40. The van der Waals surface area contributed by atoms with Crippen LogP contribution in [0.5, 0.6) is 0 Å². The molecule has 2 amide bonds. The Morgan fingerprint density at radius 2 is 0.967 bits per heavy atom. The van der Waals surface area contributed by atoms with Crippen molar-refractivity contribution in [3.8, 4) is 0 Å². The number of carbonyl (C=O) groups is 4. The van der Waals surface area contributed by atoms with E-state index in [1.54, 1.807) is 0 Å². The molecule has 0 spiro atoms. The quantitative estimate of drug-likeness (QED) is 0.0334. The molecule has 0 aliphatic heterocycles. The minimum absolute atomic E-state index is 0.00120. The van der Waals surface area contributed by atoms with Crippen LogP contribution in [0.3, 0.4) is 0 Å². The van der Waals surface area contributed by atoms with Crippen molar-refractivity contribution in [2.24, 2.45) is 5.73 Å². The average molecular weight is 858 g/mol. The number of unbranched alkanes of at least 4 members (excludes halogenated alkanes) is 27. The number of hydrogen-bond donors (Lipinski definition) is 3. The number of ether oxygens (including phenoxy) is 3. The number of nitrogens with one attached hydrogen (secondary N) is 2. The summed E-state index contributed by atoms with van der Waals surface area (Å²) in [6.45, 7) is 5.74. The lowest BCUT2D eigenvalue weighted by atomic mass is 10.0. The highest BCUT2D eigenvalue weighted by atomic mass is 16.5. The second-order valence-electron chi connectivity index (χ2n) is 17.3. The maximum Gasteiger partial charge on any atom is 0.407 e. The Bertz CT molecular complexity index is 1180. The fourth-order valence-electron chi connectivity index (χ4n) is 7.50. The zero-order chi connectivity index (χ0) is 44.3. The van der Waals surface area contributed by atoms with Crippen LogP contribution in [0.25, 0.3) is 0 Å². The lowest BCUT2D eigenvalue weighted by Gasteiger charge is -2.20. The van der Waals surface area contributed by atoms with Gasteiger partial charge in [-0.2, -0.15) is 0 Å². The van der Waals surface area contributed by atoms with Gasteiger partial charge in [0.25, 0.3) is 0 Å². The fraction of sp³-hybridized carbons (Fsp3) is 0.804. The zero-order valence-corrected chi connectivity index (χ0v) is 39.1. The zero-order valence-electron chi connectivity index (χ0n) is 39.1. The minimum atomic E-state index is -0.986. The summed E-state index contributed by atoms with van der Waals surface area (Å²) in [4.78, 5) is 50.9. The van der Waals surface area contributed by atoms with E-state index in [4.69, 9.17) is 19.9 Å². The lowest BCUT2D eigenvalue weighted by molar-refractivity contribution is -0.149. The number of rotatable bonds is 43. The molecule has 2 atom stereocenters. The van der Waals surface area contributed by atoms with E-state index < -0.39 is 30.1 Å². The van der Waals surface area contributed by atoms with Crippen molar-refractivity contribution in [2.45, 2.75) is 244 Å². The number of esters is 2. The van der Waals surface area contributed by atoms with E-state index in [0.717, 1.165) is 44.1 Å². The Labute approximate surface area is 372 Å². The van der Waals surface area contributed by atoms with Gasteiger partial charge in [-0.3, -0.25) is 9.59 Å². The van der Waals surface area contributed by atoms with E-state index in [0.29, 0.717) is 32.4 Å². The third kappa shape index (κ3) is 36.1. The summed E-state index contributed by atoms with van der Waals surface area (Å²) in [6.07, 6.45) is 36.2. The molecule has 4 N–H and O–H groups in total. The highest BCUT2D eigenvalue weighted by Gasteiger charge is 2.26. The van der Waals surface area contributed by atoms with E-state index in [9.17, 15) is 19.2 Å². The molecule has 0 bridgehead atoms. The molecule has 1 rings (SSSR count). The van der Waals surface area contributed by atoms with Crippen LogP contribution in [-0.4, -0.2) is 55.8 Å². The molecule has 0 aliphatic carbocycles. The van der Waals surface area contributed by atoms with Gasteiger partial charge in [-0.1, -0.05) is 211 Å². The van der Waals surface area contributed by atoms with E-state index >= 15 is 0 Å². The predicted molar refractivity (Wildman–Crippen MR) is 250 cm³/mol. The third-order valence-electron chi connectivity index (χ3n) is 11.5. The van der Waals surface area contributed by atoms with Crippen molar-refractivity contribution in [2.75, 3.05) is 19.8 Å². The SMILES string of the molecule is CCCCCCCCCCCCCCCCOC(=O)CCC(NC(=O)C(N)CCCCNC(=O)OCc1ccccc1)C(=O)OCCCCCCCCCCCCCCCC. The molecule has 2 unspecified atom stereocenters. The molecule has 0 aromatic heterocycles. The maximum atomic E-state index is 13.2. The molecule has 352 valence electrons. The Kier molecular flexibility index (Phi) is 38.6. The largest absolute Gasteiger partial charge is 0.466 e. The minimum Gasteiger partial charge on any atom is -0.466 e. The summed E-state index contributed by atoms with van der Waals surface area (Å²) in [6, 6.07) is 7.62. The highest BCUT2D eigenvalue weighted by Crippen LogP contribution is 2.15. The van der Waals surface area contributed by atoms with Gasteiger partial charge in [0, 0.05) is 13.0 Å². The topological polar surface area (TPSA) is 146 Å². The molecule has 0 fully saturated rings. The molecule has 0 radical (unpaired) electrons. The van der Waals surface area contributed by atoms with Crippen molar-refractivity contribution >= 4 is 23.9 Å².